The molecule has 0 fully saturated rings. The Kier molecular flexibility index (Phi) is 2.86. The number of carbonyl (C=O) groups excluding carboxylic acids is 2. The maximum atomic E-state index is 12.1. The number of amides is 2. The average molecular weight is 248 g/mol. The monoisotopic (exact) mass is 248 g/mol. The molecule has 0 atom stereocenters. The minimum absolute atomic E-state index is 0.131. The van der Waals surface area contributed by atoms with E-state index in [0.29, 0.717) is 11.4 Å². The molecule has 96 valence electrons. The van der Waals surface area contributed by atoms with Crippen molar-refractivity contribution in [2.75, 3.05) is 16.5 Å². The summed E-state index contributed by atoms with van der Waals surface area (Å²) >= 11 is 0. The molecular weight excluding hydrogens is 232 g/mol. The number of hydrogen-bond acceptors (Lipinski definition) is 3. The van der Waals surface area contributed by atoms with E-state index in [1.807, 2.05) is 6.07 Å². The molecule has 0 aromatic heterocycles. The Morgan fingerprint density at radius 3 is 2.11 bits per heavy atom. The zero-order chi connectivity index (χ0) is 13.5. The van der Waals surface area contributed by atoms with Crippen molar-refractivity contribution in [1.82, 2.24) is 0 Å². The molecule has 0 unspecified atom stereocenters. The van der Waals surface area contributed by atoms with Gasteiger partial charge in [0.1, 0.15) is 12.3 Å². The minimum atomic E-state index is -1.46. The fourth-order valence-corrected chi connectivity index (χ4v) is 1.99. The first-order valence-electron chi connectivity index (χ1n) is 5.74. The molecule has 1 aromatic carbocycles. The van der Waals surface area contributed by atoms with E-state index in [2.05, 4.69) is 0 Å². The molecule has 1 aromatic rings. The third-order valence-corrected chi connectivity index (χ3v) is 2.89. The van der Waals surface area contributed by atoms with Crippen LogP contribution < -0.4 is 9.80 Å². The van der Waals surface area contributed by atoms with Gasteiger partial charge in [-0.1, -0.05) is 12.1 Å². The van der Waals surface area contributed by atoms with Crippen LogP contribution in [-0.2, 0) is 9.59 Å². The maximum absolute atomic E-state index is 12.1. The molecule has 0 aliphatic carbocycles. The van der Waals surface area contributed by atoms with E-state index in [-0.39, 0.29) is 12.6 Å². The molecule has 0 saturated heterocycles. The number of fused-ring (bicyclic) bond motifs is 1. The van der Waals surface area contributed by atoms with Crippen molar-refractivity contribution in [1.29, 1.82) is 0 Å². The van der Waals surface area contributed by atoms with Gasteiger partial charge in [-0.25, -0.2) is 0 Å². The summed E-state index contributed by atoms with van der Waals surface area (Å²) in [5.74, 6) is -0.549. The van der Waals surface area contributed by atoms with Gasteiger partial charge >= 0.3 is 0 Å². The molecule has 1 N–H and O–H groups in total. The second-order valence-corrected chi connectivity index (χ2v) is 4.87. The van der Waals surface area contributed by atoms with Crippen LogP contribution in [0.2, 0.25) is 0 Å². The van der Waals surface area contributed by atoms with Crippen molar-refractivity contribution in [2.24, 2.45) is 0 Å². The van der Waals surface area contributed by atoms with E-state index in [1.165, 1.54) is 30.6 Å². The number of hydrogen-bond donors (Lipinski definition) is 1. The van der Waals surface area contributed by atoms with Gasteiger partial charge in [0.25, 0.3) is 5.91 Å². The summed E-state index contributed by atoms with van der Waals surface area (Å²) in [5.41, 5.74) is -0.109. The van der Waals surface area contributed by atoms with Gasteiger partial charge in [0.15, 0.2) is 0 Å². The number of para-hydroxylation sites is 2. The number of benzene rings is 1. The van der Waals surface area contributed by atoms with Crippen LogP contribution in [0.4, 0.5) is 11.4 Å². The summed E-state index contributed by atoms with van der Waals surface area (Å²) in [7, 11) is 0. The lowest BCUT2D eigenvalue weighted by Gasteiger charge is -2.25. The van der Waals surface area contributed by atoms with E-state index in [9.17, 15) is 14.7 Å². The fraction of sp³-hybridized carbons (Fsp3) is 0.385. The predicted molar refractivity (Wildman–Crippen MR) is 68.3 cm³/mol. The summed E-state index contributed by atoms with van der Waals surface area (Å²) in [5, 5.41) is 9.80. The quantitative estimate of drug-likeness (QED) is 0.810. The molecule has 5 heteroatoms. The standard InChI is InChI=1S/C13H16N2O3/c1-9(16)14-8-15(12(17)13(2,3)18)11-7-5-4-6-10(11)14/h4-7,18H,8H2,1-3H3. The highest BCUT2D eigenvalue weighted by Gasteiger charge is 2.37. The van der Waals surface area contributed by atoms with Crippen LogP contribution in [0.15, 0.2) is 24.3 Å². The van der Waals surface area contributed by atoms with Gasteiger partial charge in [0.05, 0.1) is 11.4 Å². The van der Waals surface area contributed by atoms with E-state index < -0.39 is 11.5 Å². The predicted octanol–water partition coefficient (Wildman–Crippen LogP) is 1.11. The SMILES string of the molecule is CC(=O)N1CN(C(=O)C(C)(C)O)c2ccccc21. The smallest absolute Gasteiger partial charge is 0.259 e. The lowest BCUT2D eigenvalue weighted by Crippen LogP contribution is -2.47. The third-order valence-electron chi connectivity index (χ3n) is 2.89. The van der Waals surface area contributed by atoms with Crippen molar-refractivity contribution in [2.45, 2.75) is 26.4 Å². The molecule has 0 spiro atoms. The van der Waals surface area contributed by atoms with Gasteiger partial charge < -0.3 is 5.11 Å². The lowest BCUT2D eigenvalue weighted by molar-refractivity contribution is -0.133. The number of anilines is 2. The van der Waals surface area contributed by atoms with Crippen LogP contribution in [0.3, 0.4) is 0 Å². The molecule has 0 radical (unpaired) electrons. The lowest BCUT2D eigenvalue weighted by atomic mass is 10.1. The van der Waals surface area contributed by atoms with E-state index >= 15 is 0 Å². The molecule has 2 rings (SSSR count). The fourth-order valence-electron chi connectivity index (χ4n) is 1.99. The zero-order valence-corrected chi connectivity index (χ0v) is 10.7. The summed E-state index contributed by atoms with van der Waals surface area (Å²) in [6.07, 6.45) is 0. The summed E-state index contributed by atoms with van der Waals surface area (Å²) in [6, 6.07) is 7.16. The Bertz CT molecular complexity index is 505. The first-order chi connectivity index (χ1) is 8.32. The Morgan fingerprint density at radius 2 is 1.67 bits per heavy atom. The number of nitrogens with zero attached hydrogens (tertiary/aromatic N) is 2. The van der Waals surface area contributed by atoms with Crippen molar-refractivity contribution >= 4 is 23.2 Å². The zero-order valence-electron chi connectivity index (χ0n) is 10.7. The van der Waals surface area contributed by atoms with Gasteiger partial charge in [0, 0.05) is 6.92 Å². The van der Waals surface area contributed by atoms with Crippen LogP contribution in [0, 0.1) is 0 Å². The van der Waals surface area contributed by atoms with Crippen molar-refractivity contribution in [3.8, 4) is 0 Å². The van der Waals surface area contributed by atoms with Gasteiger partial charge in [-0.3, -0.25) is 19.4 Å². The first kappa shape index (κ1) is 12.6. The van der Waals surface area contributed by atoms with Gasteiger partial charge in [-0.05, 0) is 26.0 Å². The van der Waals surface area contributed by atoms with Gasteiger partial charge in [-0.15, -0.1) is 0 Å². The number of rotatable bonds is 1. The van der Waals surface area contributed by atoms with Crippen molar-refractivity contribution < 1.29 is 14.7 Å². The average Bonchev–Trinajstić information content (AvgIpc) is 2.66. The van der Waals surface area contributed by atoms with E-state index in [1.54, 1.807) is 18.2 Å². The van der Waals surface area contributed by atoms with Crippen LogP contribution in [0.25, 0.3) is 0 Å². The normalized spacial score (nSPS) is 14.7. The van der Waals surface area contributed by atoms with E-state index in [0.717, 1.165) is 0 Å². The molecule has 5 nitrogen and oxygen atoms in total. The highest BCUT2D eigenvalue weighted by molar-refractivity contribution is 6.08. The number of aliphatic hydroxyl groups is 1. The van der Waals surface area contributed by atoms with Gasteiger partial charge in [-0.2, -0.15) is 0 Å². The minimum Gasteiger partial charge on any atom is -0.381 e. The highest BCUT2D eigenvalue weighted by atomic mass is 16.3. The van der Waals surface area contributed by atoms with Crippen LogP contribution in [0.1, 0.15) is 20.8 Å². The molecule has 2 amide bonds. The molecule has 1 aliphatic heterocycles. The second-order valence-electron chi connectivity index (χ2n) is 4.87. The summed E-state index contributed by atoms with van der Waals surface area (Å²) in [6.45, 7) is 4.48. The first-order valence-corrected chi connectivity index (χ1v) is 5.74. The van der Waals surface area contributed by atoms with Crippen molar-refractivity contribution in [3.05, 3.63) is 24.3 Å². The molecule has 1 heterocycles. The molecule has 0 bridgehead atoms. The van der Waals surface area contributed by atoms with Crippen LogP contribution >= 0.6 is 0 Å². The van der Waals surface area contributed by atoms with Crippen LogP contribution in [0.5, 0.6) is 0 Å². The maximum Gasteiger partial charge on any atom is 0.259 e. The third kappa shape index (κ3) is 1.97. The molecule has 1 aliphatic rings. The topological polar surface area (TPSA) is 60.9 Å². The largest absolute Gasteiger partial charge is 0.381 e. The Balaban J connectivity index is 2.43. The Morgan fingerprint density at radius 1 is 1.17 bits per heavy atom. The number of carbonyl (C=O) groups is 2. The summed E-state index contributed by atoms with van der Waals surface area (Å²) < 4.78 is 0. The molecule has 18 heavy (non-hydrogen) atoms. The Hall–Kier alpha value is -1.88. The van der Waals surface area contributed by atoms with Crippen molar-refractivity contribution in [3.63, 3.8) is 0 Å². The molecular formula is C13H16N2O3. The van der Waals surface area contributed by atoms with Crippen LogP contribution in [-0.4, -0.2) is 29.2 Å². The molecule has 0 saturated carbocycles. The summed E-state index contributed by atoms with van der Waals surface area (Å²) in [4.78, 5) is 26.6. The Labute approximate surface area is 106 Å². The van der Waals surface area contributed by atoms with E-state index in [4.69, 9.17) is 0 Å². The highest BCUT2D eigenvalue weighted by Crippen LogP contribution is 2.36. The second kappa shape index (κ2) is 4.10. The van der Waals surface area contributed by atoms with Gasteiger partial charge in [0.2, 0.25) is 5.91 Å².